The Morgan fingerprint density at radius 2 is 1.81 bits per heavy atom. The fourth-order valence-electron chi connectivity index (χ4n) is 4.32. The Bertz CT molecular complexity index is 1300. The number of carbonyl (C=O) groups excluding carboxylic acids is 2. The normalized spacial score (nSPS) is 16.1. The second-order valence-corrected chi connectivity index (χ2v) is 9.13. The van der Waals surface area contributed by atoms with Gasteiger partial charge in [0.25, 0.3) is 5.91 Å². The minimum absolute atomic E-state index is 0.00802. The van der Waals surface area contributed by atoms with Crippen molar-refractivity contribution in [3.05, 3.63) is 78.4 Å². The van der Waals surface area contributed by atoms with Crippen LogP contribution in [0.5, 0.6) is 17.2 Å². The maximum absolute atomic E-state index is 13.6. The molecule has 2 heterocycles. The van der Waals surface area contributed by atoms with Gasteiger partial charge in [-0.1, -0.05) is 31.2 Å². The predicted molar refractivity (Wildman–Crippen MR) is 144 cm³/mol. The van der Waals surface area contributed by atoms with Gasteiger partial charge in [-0.25, -0.2) is 4.90 Å². The lowest BCUT2D eigenvalue weighted by Gasteiger charge is -2.30. The molecule has 0 saturated carbocycles. The zero-order valence-electron chi connectivity index (χ0n) is 20.4. The minimum Gasteiger partial charge on any atom is -0.494 e. The quantitative estimate of drug-likeness (QED) is 0.339. The van der Waals surface area contributed by atoms with Gasteiger partial charge in [0.15, 0.2) is 16.6 Å². The molecule has 2 aliphatic rings. The monoisotopic (exact) mass is 517 g/mol. The number of amides is 2. The molecule has 1 fully saturated rings. The summed E-state index contributed by atoms with van der Waals surface area (Å²) in [5, 5.41) is 3.56. The Morgan fingerprint density at radius 3 is 2.57 bits per heavy atom. The van der Waals surface area contributed by atoms with E-state index in [0.29, 0.717) is 41.2 Å². The lowest BCUT2D eigenvalue weighted by molar-refractivity contribution is -0.122. The van der Waals surface area contributed by atoms with Crippen LogP contribution >= 0.6 is 12.2 Å². The highest BCUT2D eigenvalue weighted by Gasteiger charge is 2.43. The van der Waals surface area contributed by atoms with E-state index in [1.165, 1.54) is 4.90 Å². The van der Waals surface area contributed by atoms with E-state index >= 15 is 0 Å². The van der Waals surface area contributed by atoms with E-state index in [4.69, 9.17) is 26.4 Å². The van der Waals surface area contributed by atoms with E-state index in [0.717, 1.165) is 17.7 Å². The van der Waals surface area contributed by atoms with Crippen LogP contribution in [-0.2, 0) is 16.1 Å². The van der Waals surface area contributed by atoms with Crippen LogP contribution < -0.4 is 24.4 Å². The zero-order chi connectivity index (χ0) is 25.8. The molecule has 2 amide bonds. The maximum atomic E-state index is 13.6. The number of hydrogen-bond acceptors (Lipinski definition) is 6. The number of thiocarbonyl (C=S) groups is 1. The molecule has 0 aromatic heterocycles. The summed E-state index contributed by atoms with van der Waals surface area (Å²) in [6.45, 7) is 3.10. The summed E-state index contributed by atoms with van der Waals surface area (Å²) in [5.74, 6) is 1.39. The van der Waals surface area contributed by atoms with Gasteiger partial charge in [-0.2, -0.15) is 0 Å². The SMILES string of the molecule is CCCOc1ccc(N2C(=O)C[C@H](N(Cc3ccc4c(c3)OCO4)C(=S)Nc3ccccc3)C2=O)cc1. The third kappa shape index (κ3) is 5.36. The van der Waals surface area contributed by atoms with Gasteiger partial charge in [0.2, 0.25) is 12.7 Å². The molecular weight excluding hydrogens is 490 g/mol. The number of ether oxygens (including phenoxy) is 3. The number of fused-ring (bicyclic) bond motifs is 1. The average molecular weight is 518 g/mol. The van der Waals surface area contributed by atoms with Crippen LogP contribution in [-0.4, -0.2) is 41.3 Å². The summed E-state index contributed by atoms with van der Waals surface area (Å²) in [4.78, 5) is 29.7. The van der Waals surface area contributed by atoms with Crippen molar-refractivity contribution in [2.45, 2.75) is 32.4 Å². The van der Waals surface area contributed by atoms with Gasteiger partial charge >= 0.3 is 0 Å². The van der Waals surface area contributed by atoms with Crippen LogP contribution in [0.3, 0.4) is 0 Å². The Kier molecular flexibility index (Phi) is 7.23. The number of benzene rings is 3. The molecule has 8 nitrogen and oxygen atoms in total. The van der Waals surface area contributed by atoms with Crippen molar-refractivity contribution in [3.63, 3.8) is 0 Å². The molecule has 2 aliphatic heterocycles. The van der Waals surface area contributed by atoms with Crippen molar-refractivity contribution < 1.29 is 23.8 Å². The number of para-hydroxylation sites is 1. The molecule has 0 spiro atoms. The molecule has 1 saturated heterocycles. The predicted octanol–water partition coefficient (Wildman–Crippen LogP) is 4.74. The van der Waals surface area contributed by atoms with Crippen LogP contribution in [0.2, 0.25) is 0 Å². The number of rotatable bonds is 8. The molecule has 5 rings (SSSR count). The third-order valence-corrected chi connectivity index (χ3v) is 6.48. The second kappa shape index (κ2) is 10.9. The smallest absolute Gasteiger partial charge is 0.257 e. The minimum atomic E-state index is -0.766. The third-order valence-electron chi connectivity index (χ3n) is 6.14. The first-order valence-electron chi connectivity index (χ1n) is 12.1. The van der Waals surface area contributed by atoms with Gasteiger partial charge in [-0.3, -0.25) is 9.59 Å². The van der Waals surface area contributed by atoms with Gasteiger partial charge in [-0.05, 0) is 72.7 Å². The van der Waals surface area contributed by atoms with Gasteiger partial charge < -0.3 is 24.4 Å². The van der Waals surface area contributed by atoms with Gasteiger partial charge in [0, 0.05) is 12.2 Å². The summed E-state index contributed by atoms with van der Waals surface area (Å²) in [5.41, 5.74) is 2.17. The molecule has 0 unspecified atom stereocenters. The largest absolute Gasteiger partial charge is 0.494 e. The van der Waals surface area contributed by atoms with Crippen LogP contribution in [0.1, 0.15) is 25.3 Å². The van der Waals surface area contributed by atoms with Crippen LogP contribution in [0.4, 0.5) is 11.4 Å². The van der Waals surface area contributed by atoms with E-state index in [-0.39, 0.29) is 25.0 Å². The summed E-state index contributed by atoms with van der Waals surface area (Å²) in [6.07, 6.45) is 0.900. The number of hydrogen-bond donors (Lipinski definition) is 1. The number of nitrogens with one attached hydrogen (secondary N) is 1. The molecule has 37 heavy (non-hydrogen) atoms. The number of imide groups is 1. The molecule has 3 aromatic carbocycles. The molecule has 0 aliphatic carbocycles. The number of carbonyl (C=O) groups is 2. The first-order chi connectivity index (χ1) is 18.0. The van der Waals surface area contributed by atoms with Crippen LogP contribution in [0.25, 0.3) is 0 Å². The molecule has 3 aromatic rings. The van der Waals surface area contributed by atoms with Crippen molar-refractivity contribution in [3.8, 4) is 17.2 Å². The summed E-state index contributed by atoms with van der Waals surface area (Å²) >= 11 is 5.76. The van der Waals surface area contributed by atoms with E-state index in [1.807, 2.05) is 55.5 Å². The lowest BCUT2D eigenvalue weighted by Crippen LogP contribution is -2.46. The second-order valence-electron chi connectivity index (χ2n) is 8.74. The van der Waals surface area contributed by atoms with Gasteiger partial charge in [0.05, 0.1) is 18.7 Å². The highest BCUT2D eigenvalue weighted by molar-refractivity contribution is 7.80. The van der Waals surface area contributed by atoms with Crippen molar-refractivity contribution >= 4 is 40.5 Å². The molecular formula is C28H27N3O5S. The van der Waals surface area contributed by atoms with Gasteiger partial charge in [0.1, 0.15) is 11.8 Å². The van der Waals surface area contributed by atoms with Crippen molar-refractivity contribution in [1.29, 1.82) is 0 Å². The van der Waals surface area contributed by atoms with Crippen molar-refractivity contribution in [2.75, 3.05) is 23.6 Å². The lowest BCUT2D eigenvalue weighted by atomic mass is 10.1. The first kappa shape index (κ1) is 24.6. The molecule has 9 heteroatoms. The van der Waals surface area contributed by atoms with E-state index in [1.54, 1.807) is 29.2 Å². The summed E-state index contributed by atoms with van der Waals surface area (Å²) in [6, 6.07) is 21.3. The Balaban J connectivity index is 1.40. The maximum Gasteiger partial charge on any atom is 0.257 e. The standard InChI is InChI=1S/C28H27N3O5S/c1-2-14-34-22-11-9-21(10-12-22)31-26(32)16-23(27(31)33)30(28(37)29-20-6-4-3-5-7-20)17-19-8-13-24-25(15-19)36-18-35-24/h3-13,15,23H,2,14,16-18H2,1H3,(H,29,37)/t23-/m0/s1. The summed E-state index contributed by atoms with van der Waals surface area (Å²) in [7, 11) is 0. The van der Waals surface area contributed by atoms with E-state index in [9.17, 15) is 9.59 Å². The molecule has 0 bridgehead atoms. The molecule has 1 N–H and O–H groups in total. The summed E-state index contributed by atoms with van der Waals surface area (Å²) < 4.78 is 16.6. The average Bonchev–Trinajstić information content (AvgIpc) is 3.50. The van der Waals surface area contributed by atoms with Crippen LogP contribution in [0.15, 0.2) is 72.8 Å². The van der Waals surface area contributed by atoms with Gasteiger partial charge in [-0.15, -0.1) is 0 Å². The number of nitrogens with zero attached hydrogens (tertiary/aromatic N) is 2. The first-order valence-corrected chi connectivity index (χ1v) is 12.5. The van der Waals surface area contributed by atoms with Crippen molar-refractivity contribution in [1.82, 2.24) is 4.90 Å². The Hall–Kier alpha value is -4.11. The molecule has 0 radical (unpaired) electrons. The Labute approximate surface area is 220 Å². The fourth-order valence-corrected chi connectivity index (χ4v) is 4.63. The highest BCUT2D eigenvalue weighted by atomic mass is 32.1. The van der Waals surface area contributed by atoms with Crippen molar-refractivity contribution in [2.24, 2.45) is 0 Å². The van der Waals surface area contributed by atoms with E-state index in [2.05, 4.69) is 5.32 Å². The number of anilines is 2. The Morgan fingerprint density at radius 1 is 1.05 bits per heavy atom. The zero-order valence-corrected chi connectivity index (χ0v) is 21.2. The highest BCUT2D eigenvalue weighted by Crippen LogP contribution is 2.34. The van der Waals surface area contributed by atoms with Crippen LogP contribution in [0, 0.1) is 0 Å². The molecule has 1 atom stereocenters. The fraction of sp³-hybridized carbons (Fsp3) is 0.250. The topological polar surface area (TPSA) is 80.3 Å². The van der Waals surface area contributed by atoms with E-state index < -0.39 is 6.04 Å². The molecule has 190 valence electrons.